The summed E-state index contributed by atoms with van der Waals surface area (Å²) in [5.74, 6) is 0.164. The van der Waals surface area contributed by atoms with E-state index in [2.05, 4.69) is 35.2 Å². The molecule has 1 saturated carbocycles. The average Bonchev–Trinajstić information content (AvgIpc) is 3.23. The van der Waals surface area contributed by atoms with E-state index in [4.69, 9.17) is 0 Å². The molecule has 3 heteroatoms. The van der Waals surface area contributed by atoms with Gasteiger partial charge in [-0.1, -0.05) is 30.3 Å². The fourth-order valence-electron chi connectivity index (χ4n) is 3.31. The molecule has 0 amide bonds. The second kappa shape index (κ2) is 5.57. The van der Waals surface area contributed by atoms with Crippen LogP contribution in [0.2, 0.25) is 0 Å². The van der Waals surface area contributed by atoms with Crippen molar-refractivity contribution >= 4 is 5.97 Å². The number of carboxylic acids is 1. The molecule has 1 heterocycles. The van der Waals surface area contributed by atoms with Gasteiger partial charge in [0.15, 0.2) is 0 Å². The number of hydrogen-bond donors (Lipinski definition) is 1. The highest BCUT2D eigenvalue weighted by Crippen LogP contribution is 2.46. The highest BCUT2D eigenvalue weighted by atomic mass is 16.4. The molecule has 3 rings (SSSR count). The zero-order chi connectivity index (χ0) is 14.0. The third-order valence-corrected chi connectivity index (χ3v) is 4.91. The summed E-state index contributed by atoms with van der Waals surface area (Å²) in [7, 11) is 0. The van der Waals surface area contributed by atoms with Gasteiger partial charge in [0.2, 0.25) is 0 Å². The number of rotatable bonds is 5. The third kappa shape index (κ3) is 3.04. The molecule has 20 heavy (non-hydrogen) atoms. The second-order valence-electron chi connectivity index (χ2n) is 6.49. The molecule has 0 atom stereocenters. The van der Waals surface area contributed by atoms with Crippen molar-refractivity contribution in [3.8, 4) is 0 Å². The second-order valence-corrected chi connectivity index (χ2v) is 6.49. The number of nitrogens with zero attached hydrogens (tertiary/aromatic N) is 1. The van der Waals surface area contributed by atoms with Crippen molar-refractivity contribution in [1.29, 1.82) is 0 Å². The first-order valence-electron chi connectivity index (χ1n) is 7.68. The Morgan fingerprint density at radius 3 is 2.40 bits per heavy atom. The number of carboxylic acid groups (broad SMARTS) is 1. The van der Waals surface area contributed by atoms with E-state index >= 15 is 0 Å². The molecule has 2 aliphatic rings. The minimum Gasteiger partial charge on any atom is -0.481 e. The van der Waals surface area contributed by atoms with E-state index in [9.17, 15) is 9.90 Å². The van der Waals surface area contributed by atoms with Crippen LogP contribution in [0.3, 0.4) is 0 Å². The molecule has 3 nitrogen and oxygen atoms in total. The first kappa shape index (κ1) is 13.6. The minimum atomic E-state index is -0.594. The lowest BCUT2D eigenvalue weighted by Gasteiger charge is -2.33. The van der Waals surface area contributed by atoms with Crippen LogP contribution in [0.1, 0.15) is 31.2 Å². The monoisotopic (exact) mass is 273 g/mol. The van der Waals surface area contributed by atoms with E-state index in [1.54, 1.807) is 0 Å². The first-order valence-corrected chi connectivity index (χ1v) is 7.68. The Morgan fingerprint density at radius 1 is 1.20 bits per heavy atom. The van der Waals surface area contributed by atoms with Gasteiger partial charge < -0.3 is 10.0 Å². The van der Waals surface area contributed by atoms with Crippen molar-refractivity contribution in [1.82, 2.24) is 4.90 Å². The zero-order valence-corrected chi connectivity index (χ0v) is 11.9. The molecule has 1 saturated heterocycles. The zero-order valence-electron chi connectivity index (χ0n) is 11.9. The molecule has 0 spiro atoms. The van der Waals surface area contributed by atoms with Crippen LogP contribution in [0.4, 0.5) is 0 Å². The molecular weight excluding hydrogens is 250 g/mol. The van der Waals surface area contributed by atoms with Crippen LogP contribution in [0.5, 0.6) is 0 Å². The van der Waals surface area contributed by atoms with Crippen LogP contribution in [-0.2, 0) is 11.2 Å². The van der Waals surface area contributed by atoms with Crippen LogP contribution in [0.15, 0.2) is 30.3 Å². The van der Waals surface area contributed by atoms with E-state index in [0.717, 1.165) is 38.4 Å². The lowest BCUT2D eigenvalue weighted by Crippen LogP contribution is -2.40. The highest BCUT2D eigenvalue weighted by Gasteiger charge is 2.51. The number of likely N-dealkylation sites (tertiary alicyclic amines) is 1. The van der Waals surface area contributed by atoms with Gasteiger partial charge in [-0.05, 0) is 56.7 Å². The molecule has 1 N–H and O–H groups in total. The van der Waals surface area contributed by atoms with E-state index in [1.165, 1.54) is 24.8 Å². The van der Waals surface area contributed by atoms with Crippen LogP contribution >= 0.6 is 0 Å². The predicted molar refractivity (Wildman–Crippen MR) is 78.6 cm³/mol. The average molecular weight is 273 g/mol. The van der Waals surface area contributed by atoms with Gasteiger partial charge in [0.1, 0.15) is 0 Å². The SMILES string of the molecule is O=C(O)C1(CN2CCC(Cc3ccccc3)CC2)CC1. The van der Waals surface area contributed by atoms with Crippen molar-refractivity contribution in [2.75, 3.05) is 19.6 Å². The summed E-state index contributed by atoms with van der Waals surface area (Å²) in [6, 6.07) is 10.7. The predicted octanol–water partition coefficient (Wildman–Crippen LogP) is 2.81. The molecule has 1 aromatic rings. The summed E-state index contributed by atoms with van der Waals surface area (Å²) in [5, 5.41) is 9.25. The molecule has 1 aromatic carbocycles. The van der Waals surface area contributed by atoms with Gasteiger partial charge in [0.05, 0.1) is 5.41 Å². The van der Waals surface area contributed by atoms with Gasteiger partial charge in [-0.25, -0.2) is 0 Å². The quantitative estimate of drug-likeness (QED) is 0.897. The molecule has 0 radical (unpaired) electrons. The fourth-order valence-corrected chi connectivity index (χ4v) is 3.31. The van der Waals surface area contributed by atoms with E-state index in [-0.39, 0.29) is 0 Å². The Morgan fingerprint density at radius 2 is 1.85 bits per heavy atom. The van der Waals surface area contributed by atoms with Crippen LogP contribution in [0.25, 0.3) is 0 Å². The van der Waals surface area contributed by atoms with Crippen molar-refractivity contribution < 1.29 is 9.90 Å². The van der Waals surface area contributed by atoms with Gasteiger partial charge >= 0.3 is 5.97 Å². The molecular formula is C17H23NO2. The molecule has 2 fully saturated rings. The van der Waals surface area contributed by atoms with Crippen molar-refractivity contribution in [2.45, 2.75) is 32.1 Å². The molecule has 0 aromatic heterocycles. The summed E-state index contributed by atoms with van der Waals surface area (Å²) in [6.45, 7) is 2.89. The number of hydrogen-bond acceptors (Lipinski definition) is 2. The Hall–Kier alpha value is -1.35. The van der Waals surface area contributed by atoms with Crippen molar-refractivity contribution in [2.24, 2.45) is 11.3 Å². The smallest absolute Gasteiger partial charge is 0.310 e. The standard InChI is InChI=1S/C17H23NO2/c19-16(20)17(8-9-17)13-18-10-6-15(7-11-18)12-14-4-2-1-3-5-14/h1-5,15H,6-13H2,(H,19,20). The molecule has 1 aliphatic heterocycles. The van der Waals surface area contributed by atoms with E-state index < -0.39 is 11.4 Å². The van der Waals surface area contributed by atoms with Gasteiger partial charge in [-0.3, -0.25) is 4.79 Å². The lowest BCUT2D eigenvalue weighted by molar-refractivity contribution is -0.144. The molecule has 0 bridgehead atoms. The van der Waals surface area contributed by atoms with Gasteiger partial charge in [-0.2, -0.15) is 0 Å². The maximum Gasteiger partial charge on any atom is 0.310 e. The van der Waals surface area contributed by atoms with Crippen molar-refractivity contribution in [3.05, 3.63) is 35.9 Å². The highest BCUT2D eigenvalue weighted by molar-refractivity contribution is 5.78. The summed E-state index contributed by atoms with van der Waals surface area (Å²) < 4.78 is 0. The summed E-state index contributed by atoms with van der Waals surface area (Å²) in [4.78, 5) is 13.6. The Kier molecular flexibility index (Phi) is 3.79. The number of carbonyl (C=O) groups is 1. The normalized spacial score (nSPS) is 22.6. The molecule has 108 valence electrons. The number of piperidine rings is 1. The molecule has 1 aliphatic carbocycles. The maximum atomic E-state index is 11.2. The topological polar surface area (TPSA) is 40.5 Å². The Bertz CT molecular complexity index is 459. The van der Waals surface area contributed by atoms with Crippen molar-refractivity contribution in [3.63, 3.8) is 0 Å². The van der Waals surface area contributed by atoms with Gasteiger partial charge in [-0.15, -0.1) is 0 Å². The summed E-state index contributed by atoms with van der Waals surface area (Å²) in [5.41, 5.74) is 1.03. The third-order valence-electron chi connectivity index (χ3n) is 4.91. The van der Waals surface area contributed by atoms with Crippen LogP contribution in [-0.4, -0.2) is 35.6 Å². The Balaban J connectivity index is 1.47. The van der Waals surface area contributed by atoms with E-state index in [0.29, 0.717) is 0 Å². The molecule has 0 unspecified atom stereocenters. The van der Waals surface area contributed by atoms with Gasteiger partial charge in [0.25, 0.3) is 0 Å². The van der Waals surface area contributed by atoms with Gasteiger partial charge in [0, 0.05) is 6.54 Å². The summed E-state index contributed by atoms with van der Waals surface area (Å²) in [6.07, 6.45) is 5.30. The lowest BCUT2D eigenvalue weighted by atomic mass is 9.89. The maximum absolute atomic E-state index is 11.2. The van der Waals surface area contributed by atoms with Crippen LogP contribution in [0, 0.1) is 11.3 Å². The first-order chi connectivity index (χ1) is 9.68. The largest absolute Gasteiger partial charge is 0.481 e. The number of benzene rings is 1. The van der Waals surface area contributed by atoms with E-state index in [1.807, 2.05) is 0 Å². The minimum absolute atomic E-state index is 0.397. The Labute approximate surface area is 120 Å². The number of aliphatic carboxylic acids is 1. The summed E-state index contributed by atoms with van der Waals surface area (Å²) >= 11 is 0. The van der Waals surface area contributed by atoms with Crippen LogP contribution < -0.4 is 0 Å². The fraction of sp³-hybridized carbons (Fsp3) is 0.588.